The summed E-state index contributed by atoms with van der Waals surface area (Å²) in [6.45, 7) is 4.06. The summed E-state index contributed by atoms with van der Waals surface area (Å²) in [6.07, 6.45) is -0.706. The van der Waals surface area contributed by atoms with E-state index in [9.17, 15) is 18.0 Å². The molecule has 1 aliphatic rings. The normalized spacial score (nSPS) is 20.0. The van der Waals surface area contributed by atoms with Gasteiger partial charge in [-0.15, -0.1) is 0 Å². The number of carbonyl (C=O) groups excluding carboxylic acids is 1. The average Bonchev–Trinajstić information content (AvgIpc) is 3.34. The smallest absolute Gasteiger partial charge is 0.381 e. The molecule has 1 amide bonds. The van der Waals surface area contributed by atoms with Gasteiger partial charge in [0, 0.05) is 25.7 Å². The van der Waals surface area contributed by atoms with Crippen molar-refractivity contribution in [2.24, 2.45) is 5.92 Å². The first-order valence-corrected chi connectivity index (χ1v) is 8.46. The summed E-state index contributed by atoms with van der Waals surface area (Å²) in [5, 5.41) is 2.87. The highest BCUT2D eigenvalue weighted by Gasteiger charge is 2.44. The van der Waals surface area contributed by atoms with E-state index in [1.807, 2.05) is 0 Å². The fourth-order valence-electron chi connectivity index (χ4n) is 2.64. The molecule has 6 heteroatoms. The van der Waals surface area contributed by atoms with Crippen molar-refractivity contribution in [3.05, 3.63) is 35.4 Å². The Morgan fingerprint density at radius 2 is 1.88 bits per heavy atom. The van der Waals surface area contributed by atoms with Crippen molar-refractivity contribution in [3.63, 3.8) is 0 Å². The van der Waals surface area contributed by atoms with Crippen LogP contribution in [0.4, 0.5) is 13.2 Å². The summed E-state index contributed by atoms with van der Waals surface area (Å²) in [5.74, 6) is -0.107. The SMILES string of the molecule is CCCCOCCCNC(=O)C1CC1c1ccc(C(F)(F)F)cc1. The van der Waals surface area contributed by atoms with Gasteiger partial charge in [-0.1, -0.05) is 25.5 Å². The number of rotatable bonds is 9. The molecule has 0 spiro atoms. The molecular weight excluding hydrogens is 319 g/mol. The molecule has 0 heterocycles. The first kappa shape index (κ1) is 18.8. The zero-order chi connectivity index (χ0) is 17.6. The fourth-order valence-corrected chi connectivity index (χ4v) is 2.64. The van der Waals surface area contributed by atoms with Gasteiger partial charge < -0.3 is 10.1 Å². The van der Waals surface area contributed by atoms with Crippen molar-refractivity contribution in [1.29, 1.82) is 0 Å². The van der Waals surface area contributed by atoms with E-state index in [0.29, 0.717) is 19.6 Å². The molecule has 2 rings (SSSR count). The average molecular weight is 343 g/mol. The summed E-state index contributed by atoms with van der Waals surface area (Å²) in [6, 6.07) is 5.11. The Hall–Kier alpha value is -1.56. The van der Waals surface area contributed by atoms with E-state index in [1.54, 1.807) is 0 Å². The summed E-state index contributed by atoms with van der Waals surface area (Å²) >= 11 is 0. The van der Waals surface area contributed by atoms with Crippen LogP contribution in [0.5, 0.6) is 0 Å². The van der Waals surface area contributed by atoms with Crippen molar-refractivity contribution >= 4 is 5.91 Å². The molecule has 1 saturated carbocycles. The van der Waals surface area contributed by atoms with Crippen LogP contribution >= 0.6 is 0 Å². The van der Waals surface area contributed by atoms with Crippen molar-refractivity contribution in [2.45, 2.75) is 44.7 Å². The number of hydrogen-bond acceptors (Lipinski definition) is 2. The largest absolute Gasteiger partial charge is 0.416 e. The Morgan fingerprint density at radius 3 is 2.50 bits per heavy atom. The van der Waals surface area contributed by atoms with E-state index in [-0.39, 0.29) is 17.7 Å². The maximum absolute atomic E-state index is 12.5. The van der Waals surface area contributed by atoms with Crippen LogP contribution in [0.1, 0.15) is 49.7 Å². The second kappa shape index (κ2) is 8.51. The number of carbonyl (C=O) groups is 1. The molecule has 0 saturated heterocycles. The summed E-state index contributed by atoms with van der Waals surface area (Å²) < 4.78 is 43.0. The van der Waals surface area contributed by atoms with E-state index in [0.717, 1.165) is 43.6 Å². The van der Waals surface area contributed by atoms with Crippen LogP contribution in [0.15, 0.2) is 24.3 Å². The molecule has 0 aromatic heterocycles. The third-order valence-electron chi connectivity index (χ3n) is 4.20. The predicted molar refractivity (Wildman–Crippen MR) is 85.6 cm³/mol. The van der Waals surface area contributed by atoms with Crippen LogP contribution in [0.25, 0.3) is 0 Å². The molecule has 3 nitrogen and oxygen atoms in total. The van der Waals surface area contributed by atoms with Gasteiger partial charge in [-0.2, -0.15) is 13.2 Å². The van der Waals surface area contributed by atoms with Crippen LogP contribution in [0, 0.1) is 5.92 Å². The number of ether oxygens (including phenoxy) is 1. The lowest BCUT2D eigenvalue weighted by atomic mass is 10.1. The molecule has 1 aromatic rings. The lowest BCUT2D eigenvalue weighted by Crippen LogP contribution is -2.27. The topological polar surface area (TPSA) is 38.3 Å². The molecule has 0 aliphatic heterocycles. The third kappa shape index (κ3) is 5.51. The highest BCUT2D eigenvalue weighted by Crippen LogP contribution is 2.47. The van der Waals surface area contributed by atoms with Crippen LogP contribution in [0.2, 0.25) is 0 Å². The lowest BCUT2D eigenvalue weighted by molar-refractivity contribution is -0.137. The second-order valence-electron chi connectivity index (χ2n) is 6.18. The number of hydrogen-bond donors (Lipinski definition) is 1. The zero-order valence-electron chi connectivity index (χ0n) is 13.9. The molecule has 1 fully saturated rings. The van der Waals surface area contributed by atoms with Crippen molar-refractivity contribution < 1.29 is 22.7 Å². The van der Waals surface area contributed by atoms with Crippen LogP contribution < -0.4 is 5.32 Å². The number of amides is 1. The van der Waals surface area contributed by atoms with E-state index in [2.05, 4.69) is 12.2 Å². The summed E-state index contributed by atoms with van der Waals surface area (Å²) in [4.78, 5) is 12.0. The van der Waals surface area contributed by atoms with E-state index < -0.39 is 11.7 Å². The number of halogens is 3. The number of benzene rings is 1. The minimum absolute atomic E-state index is 0.0199. The van der Waals surface area contributed by atoms with Gasteiger partial charge in [0.1, 0.15) is 0 Å². The van der Waals surface area contributed by atoms with Gasteiger partial charge in [0.2, 0.25) is 5.91 Å². The van der Waals surface area contributed by atoms with Crippen LogP contribution in [0.3, 0.4) is 0 Å². The standard InChI is InChI=1S/C18H24F3NO2/c1-2-3-10-24-11-4-9-22-17(23)16-12-15(16)13-5-7-14(8-6-13)18(19,20)21/h5-8,15-16H,2-4,9-12H2,1H3,(H,22,23). The molecule has 1 aromatic carbocycles. The van der Waals surface area contributed by atoms with Gasteiger partial charge in [-0.05, 0) is 42.9 Å². The molecule has 0 radical (unpaired) electrons. The minimum atomic E-state index is -4.32. The molecule has 1 aliphatic carbocycles. The van der Waals surface area contributed by atoms with Crippen LogP contribution in [-0.2, 0) is 15.7 Å². The number of unbranched alkanes of at least 4 members (excludes halogenated alkanes) is 1. The highest BCUT2D eigenvalue weighted by atomic mass is 19.4. The van der Waals surface area contributed by atoms with Gasteiger partial charge in [0.25, 0.3) is 0 Å². The first-order valence-electron chi connectivity index (χ1n) is 8.46. The van der Waals surface area contributed by atoms with E-state index >= 15 is 0 Å². The number of alkyl halides is 3. The maximum Gasteiger partial charge on any atom is 0.416 e. The Morgan fingerprint density at radius 1 is 1.21 bits per heavy atom. The quantitative estimate of drug-likeness (QED) is 0.685. The monoisotopic (exact) mass is 343 g/mol. The summed E-state index contributed by atoms with van der Waals surface area (Å²) in [5.41, 5.74) is 0.141. The Labute approximate surface area is 140 Å². The van der Waals surface area contributed by atoms with Crippen LogP contribution in [-0.4, -0.2) is 25.7 Å². The van der Waals surface area contributed by atoms with Gasteiger partial charge in [-0.25, -0.2) is 0 Å². The summed E-state index contributed by atoms with van der Waals surface area (Å²) in [7, 11) is 0. The van der Waals surface area contributed by atoms with Gasteiger partial charge in [0.05, 0.1) is 5.56 Å². The minimum Gasteiger partial charge on any atom is -0.381 e. The number of nitrogens with one attached hydrogen (secondary N) is 1. The third-order valence-corrected chi connectivity index (χ3v) is 4.20. The molecule has 24 heavy (non-hydrogen) atoms. The van der Waals surface area contributed by atoms with Crippen molar-refractivity contribution in [2.75, 3.05) is 19.8 Å². The Kier molecular flexibility index (Phi) is 6.66. The zero-order valence-corrected chi connectivity index (χ0v) is 13.9. The Bertz CT molecular complexity index is 528. The van der Waals surface area contributed by atoms with Crippen molar-refractivity contribution in [1.82, 2.24) is 5.32 Å². The second-order valence-corrected chi connectivity index (χ2v) is 6.18. The maximum atomic E-state index is 12.5. The van der Waals surface area contributed by atoms with Crippen molar-refractivity contribution in [3.8, 4) is 0 Å². The molecule has 1 N–H and O–H groups in total. The van der Waals surface area contributed by atoms with Gasteiger partial charge in [-0.3, -0.25) is 4.79 Å². The molecule has 2 unspecified atom stereocenters. The predicted octanol–water partition coefficient (Wildman–Crippen LogP) is 4.13. The van der Waals surface area contributed by atoms with E-state index in [4.69, 9.17) is 4.74 Å². The molecule has 134 valence electrons. The highest BCUT2D eigenvalue weighted by molar-refractivity contribution is 5.82. The Balaban J connectivity index is 1.68. The fraction of sp³-hybridized carbons (Fsp3) is 0.611. The lowest BCUT2D eigenvalue weighted by Gasteiger charge is -2.08. The van der Waals surface area contributed by atoms with Gasteiger partial charge in [0.15, 0.2) is 0 Å². The first-order chi connectivity index (χ1) is 11.4. The van der Waals surface area contributed by atoms with Gasteiger partial charge >= 0.3 is 6.18 Å². The molecule has 2 atom stereocenters. The van der Waals surface area contributed by atoms with E-state index in [1.165, 1.54) is 12.1 Å². The molecular formula is C18H24F3NO2. The molecule has 0 bridgehead atoms.